The number of nitrogens with one attached hydrogen (secondary N) is 1. The molecule has 1 aliphatic rings. The zero-order valence-electron chi connectivity index (χ0n) is 15.5. The van der Waals surface area contributed by atoms with E-state index in [1.54, 1.807) is 6.07 Å². The van der Waals surface area contributed by atoms with Crippen molar-refractivity contribution in [3.05, 3.63) is 95.6 Å². The minimum Gasteiger partial charge on any atom is -0.480 e. The van der Waals surface area contributed by atoms with Crippen LogP contribution in [0.4, 0.5) is 0 Å². The molecule has 2 heterocycles. The van der Waals surface area contributed by atoms with Gasteiger partial charge in [-0.05, 0) is 23.3 Å². The van der Waals surface area contributed by atoms with Crippen molar-refractivity contribution in [1.82, 2.24) is 9.88 Å². The van der Waals surface area contributed by atoms with Crippen molar-refractivity contribution < 1.29 is 14.7 Å². The fourth-order valence-corrected chi connectivity index (χ4v) is 4.27. The molecule has 0 saturated carbocycles. The second-order valence-electron chi connectivity index (χ2n) is 7.14. The van der Waals surface area contributed by atoms with E-state index in [1.165, 1.54) is 4.90 Å². The van der Waals surface area contributed by atoms with E-state index in [0.29, 0.717) is 5.56 Å². The second kappa shape index (κ2) is 6.63. The number of amides is 1. The van der Waals surface area contributed by atoms with Crippen LogP contribution in [0.15, 0.2) is 78.9 Å². The van der Waals surface area contributed by atoms with Gasteiger partial charge in [0.05, 0.1) is 11.7 Å². The minimum atomic E-state index is -1.03. The first-order chi connectivity index (χ1) is 14.1. The average Bonchev–Trinajstić information content (AvgIpc) is 3.24. The number of rotatable bonds is 4. The first kappa shape index (κ1) is 17.3. The standard InChI is InChI=1S/C24H18N2O3/c27-20(28)14-26-23(16-10-4-5-11-17(16)24(26)29)21-18-12-6-7-13-19(18)25-22(21)15-8-2-1-3-9-15/h1-13,23,25H,14H2,(H,27,28)/t23-/m1/s1. The Balaban J connectivity index is 1.82. The summed E-state index contributed by atoms with van der Waals surface area (Å²) < 4.78 is 0. The molecule has 0 fully saturated rings. The Morgan fingerprint density at radius 1 is 0.931 bits per heavy atom. The Bertz CT molecular complexity index is 1240. The van der Waals surface area contributed by atoms with Gasteiger partial charge in [-0.3, -0.25) is 9.59 Å². The number of fused-ring (bicyclic) bond motifs is 2. The molecule has 1 aliphatic heterocycles. The number of aliphatic carboxylic acids is 1. The van der Waals surface area contributed by atoms with Gasteiger partial charge in [-0.1, -0.05) is 66.7 Å². The maximum Gasteiger partial charge on any atom is 0.323 e. The fourth-order valence-electron chi connectivity index (χ4n) is 4.27. The Morgan fingerprint density at radius 2 is 1.62 bits per heavy atom. The van der Waals surface area contributed by atoms with E-state index in [9.17, 15) is 14.7 Å². The number of carboxylic acids is 1. The third kappa shape index (κ3) is 2.70. The quantitative estimate of drug-likeness (QED) is 0.547. The predicted octanol–water partition coefficient (Wildman–Crippen LogP) is 4.46. The summed E-state index contributed by atoms with van der Waals surface area (Å²) in [5.41, 5.74) is 5.16. The van der Waals surface area contributed by atoms with Gasteiger partial charge in [-0.25, -0.2) is 0 Å². The molecule has 1 aromatic heterocycles. The van der Waals surface area contributed by atoms with Crippen molar-refractivity contribution in [3.8, 4) is 11.3 Å². The topological polar surface area (TPSA) is 73.4 Å². The van der Waals surface area contributed by atoms with E-state index in [0.717, 1.165) is 33.3 Å². The van der Waals surface area contributed by atoms with Gasteiger partial charge in [-0.15, -0.1) is 0 Å². The van der Waals surface area contributed by atoms with Crippen molar-refractivity contribution >= 4 is 22.8 Å². The maximum absolute atomic E-state index is 13.1. The molecule has 5 rings (SSSR count). The molecule has 0 bridgehead atoms. The zero-order valence-corrected chi connectivity index (χ0v) is 15.5. The summed E-state index contributed by atoms with van der Waals surface area (Å²) in [4.78, 5) is 29.6. The Kier molecular flexibility index (Phi) is 3.95. The van der Waals surface area contributed by atoms with E-state index < -0.39 is 12.0 Å². The van der Waals surface area contributed by atoms with Crippen LogP contribution >= 0.6 is 0 Å². The number of para-hydroxylation sites is 1. The van der Waals surface area contributed by atoms with Crippen LogP contribution in [0.5, 0.6) is 0 Å². The second-order valence-corrected chi connectivity index (χ2v) is 7.14. The van der Waals surface area contributed by atoms with Crippen LogP contribution in [0.1, 0.15) is 27.5 Å². The van der Waals surface area contributed by atoms with Crippen LogP contribution < -0.4 is 0 Å². The monoisotopic (exact) mass is 382 g/mol. The van der Waals surface area contributed by atoms with Crippen molar-refractivity contribution in [2.45, 2.75) is 6.04 Å². The highest BCUT2D eigenvalue weighted by molar-refractivity contribution is 6.03. The van der Waals surface area contributed by atoms with Crippen LogP contribution in [0, 0.1) is 0 Å². The number of aromatic nitrogens is 1. The van der Waals surface area contributed by atoms with Crippen LogP contribution in [-0.4, -0.2) is 33.4 Å². The molecular formula is C24H18N2O3. The van der Waals surface area contributed by atoms with Crippen molar-refractivity contribution in [2.75, 3.05) is 6.54 Å². The minimum absolute atomic E-state index is 0.253. The molecule has 1 amide bonds. The zero-order chi connectivity index (χ0) is 20.0. The number of carboxylic acid groups (broad SMARTS) is 1. The molecule has 5 heteroatoms. The number of H-pyrrole nitrogens is 1. The number of aromatic amines is 1. The Hall–Kier alpha value is -3.86. The smallest absolute Gasteiger partial charge is 0.323 e. The lowest BCUT2D eigenvalue weighted by Crippen LogP contribution is -2.34. The number of carbonyl (C=O) groups excluding carboxylic acids is 1. The molecule has 0 saturated heterocycles. The van der Waals surface area contributed by atoms with Gasteiger partial charge >= 0.3 is 5.97 Å². The summed E-state index contributed by atoms with van der Waals surface area (Å²) in [5, 5.41) is 10.5. The highest BCUT2D eigenvalue weighted by Gasteiger charge is 2.40. The molecule has 0 radical (unpaired) electrons. The van der Waals surface area contributed by atoms with Gasteiger partial charge in [0.2, 0.25) is 0 Å². The van der Waals surface area contributed by atoms with E-state index in [2.05, 4.69) is 4.98 Å². The summed E-state index contributed by atoms with van der Waals surface area (Å²) >= 11 is 0. The number of nitrogens with zero attached hydrogens (tertiary/aromatic N) is 1. The lowest BCUT2D eigenvalue weighted by molar-refractivity contribution is -0.138. The summed E-state index contributed by atoms with van der Waals surface area (Å²) in [6.45, 7) is -0.355. The summed E-state index contributed by atoms with van der Waals surface area (Å²) in [7, 11) is 0. The number of carbonyl (C=O) groups is 2. The van der Waals surface area contributed by atoms with Crippen molar-refractivity contribution in [1.29, 1.82) is 0 Å². The van der Waals surface area contributed by atoms with Gasteiger partial charge in [0.15, 0.2) is 0 Å². The molecule has 0 spiro atoms. The van der Waals surface area contributed by atoms with Crippen molar-refractivity contribution in [3.63, 3.8) is 0 Å². The first-order valence-electron chi connectivity index (χ1n) is 9.43. The van der Waals surface area contributed by atoms with Gasteiger partial charge < -0.3 is 15.0 Å². The largest absolute Gasteiger partial charge is 0.480 e. The molecule has 4 aromatic rings. The van der Waals surface area contributed by atoms with Gasteiger partial charge in [0.1, 0.15) is 6.54 Å². The SMILES string of the molecule is O=C(O)CN1C(=O)c2ccccc2[C@@H]1c1c(-c2ccccc2)[nH]c2ccccc12. The third-order valence-electron chi connectivity index (χ3n) is 5.45. The van der Waals surface area contributed by atoms with Crippen LogP contribution in [0.3, 0.4) is 0 Å². The summed E-state index contributed by atoms with van der Waals surface area (Å²) in [6, 6.07) is 24.7. The molecule has 2 N–H and O–H groups in total. The summed E-state index contributed by atoms with van der Waals surface area (Å²) in [5.74, 6) is -1.28. The molecule has 0 aliphatic carbocycles. The first-order valence-corrected chi connectivity index (χ1v) is 9.43. The molecule has 1 atom stereocenters. The number of benzene rings is 3. The van der Waals surface area contributed by atoms with Crippen LogP contribution in [0.2, 0.25) is 0 Å². The molecule has 142 valence electrons. The van der Waals surface area contributed by atoms with Gasteiger partial charge in [0.25, 0.3) is 5.91 Å². The van der Waals surface area contributed by atoms with Gasteiger partial charge in [0, 0.05) is 22.0 Å². The van der Waals surface area contributed by atoms with Crippen LogP contribution in [-0.2, 0) is 4.79 Å². The van der Waals surface area contributed by atoms with E-state index >= 15 is 0 Å². The third-order valence-corrected chi connectivity index (χ3v) is 5.45. The normalized spacial score (nSPS) is 15.7. The van der Waals surface area contributed by atoms with E-state index in [-0.39, 0.29) is 12.5 Å². The Labute approximate surface area is 167 Å². The molecule has 0 unspecified atom stereocenters. The number of hydrogen-bond donors (Lipinski definition) is 2. The molecule has 29 heavy (non-hydrogen) atoms. The van der Waals surface area contributed by atoms with E-state index in [4.69, 9.17) is 0 Å². The summed E-state index contributed by atoms with van der Waals surface area (Å²) in [6.07, 6.45) is 0. The molecular weight excluding hydrogens is 364 g/mol. The highest BCUT2D eigenvalue weighted by atomic mass is 16.4. The Morgan fingerprint density at radius 3 is 2.41 bits per heavy atom. The van der Waals surface area contributed by atoms with Crippen LogP contribution in [0.25, 0.3) is 22.2 Å². The number of hydrogen-bond acceptors (Lipinski definition) is 2. The predicted molar refractivity (Wildman–Crippen MR) is 111 cm³/mol. The fraction of sp³-hybridized carbons (Fsp3) is 0.0833. The van der Waals surface area contributed by atoms with Gasteiger partial charge in [-0.2, -0.15) is 0 Å². The molecule has 3 aromatic carbocycles. The maximum atomic E-state index is 13.1. The van der Waals surface area contributed by atoms with E-state index in [1.807, 2.05) is 72.8 Å². The highest BCUT2D eigenvalue weighted by Crippen LogP contribution is 2.45. The molecule has 5 nitrogen and oxygen atoms in total. The average molecular weight is 382 g/mol. The lowest BCUT2D eigenvalue weighted by atomic mass is 9.93. The van der Waals surface area contributed by atoms with Crippen molar-refractivity contribution in [2.24, 2.45) is 0 Å². The lowest BCUT2D eigenvalue weighted by Gasteiger charge is -2.25.